The molecule has 0 bridgehead atoms. The van der Waals surface area contributed by atoms with Crippen molar-refractivity contribution in [2.24, 2.45) is 10.5 Å². The van der Waals surface area contributed by atoms with E-state index in [1.807, 2.05) is 17.8 Å². The summed E-state index contributed by atoms with van der Waals surface area (Å²) in [6.45, 7) is 8.95. The zero-order chi connectivity index (χ0) is 12.5. The quantitative estimate of drug-likeness (QED) is 0.864. The fourth-order valence-corrected chi connectivity index (χ4v) is 2.82. The zero-order valence-corrected chi connectivity index (χ0v) is 11.8. The van der Waals surface area contributed by atoms with Crippen LogP contribution in [0.3, 0.4) is 0 Å². The number of benzene rings is 1. The monoisotopic (exact) mass is 248 g/mol. The Bertz CT molecular complexity index is 420. The van der Waals surface area contributed by atoms with Gasteiger partial charge >= 0.3 is 0 Å². The molecule has 0 radical (unpaired) electrons. The van der Waals surface area contributed by atoms with E-state index in [1.165, 1.54) is 10.6 Å². The minimum absolute atomic E-state index is 0.00286. The Balaban J connectivity index is 2.04. The van der Waals surface area contributed by atoms with Crippen LogP contribution in [0.5, 0.6) is 0 Å². The molecule has 2 nitrogen and oxygen atoms in total. The molecule has 1 aliphatic rings. The molecule has 1 N–H and O–H groups in total. The van der Waals surface area contributed by atoms with E-state index >= 15 is 0 Å². The Labute approximate surface area is 108 Å². The maximum atomic E-state index is 4.48. The third-order valence-corrected chi connectivity index (χ3v) is 4.93. The van der Waals surface area contributed by atoms with Gasteiger partial charge in [0.2, 0.25) is 0 Å². The average molecular weight is 248 g/mol. The van der Waals surface area contributed by atoms with Crippen molar-refractivity contribution in [3.05, 3.63) is 35.9 Å². The van der Waals surface area contributed by atoms with Crippen LogP contribution in [-0.2, 0) is 6.42 Å². The van der Waals surface area contributed by atoms with Crippen molar-refractivity contribution in [1.29, 1.82) is 0 Å². The summed E-state index contributed by atoms with van der Waals surface area (Å²) in [5.74, 6) is 0. The van der Waals surface area contributed by atoms with Gasteiger partial charge in [-0.1, -0.05) is 62.9 Å². The van der Waals surface area contributed by atoms with Gasteiger partial charge in [0.25, 0.3) is 0 Å². The fraction of sp³-hybridized carbons (Fsp3) is 0.500. The molecule has 1 aromatic rings. The SMILES string of the molecule is CC(C)(C)C1(C)NN=C(Cc2ccccc2)S1. The van der Waals surface area contributed by atoms with Crippen LogP contribution in [0.4, 0.5) is 0 Å². The topological polar surface area (TPSA) is 24.4 Å². The molecular formula is C14H20N2S. The number of thioether (sulfide) groups is 1. The number of hydrogen-bond donors (Lipinski definition) is 1. The Morgan fingerprint density at radius 3 is 2.41 bits per heavy atom. The maximum absolute atomic E-state index is 4.48. The van der Waals surface area contributed by atoms with Gasteiger partial charge < -0.3 is 0 Å². The lowest BCUT2D eigenvalue weighted by molar-refractivity contribution is 0.262. The first kappa shape index (κ1) is 12.5. The van der Waals surface area contributed by atoms with E-state index in [1.54, 1.807) is 0 Å². The highest BCUT2D eigenvalue weighted by Gasteiger charge is 2.42. The van der Waals surface area contributed by atoms with E-state index < -0.39 is 0 Å². The van der Waals surface area contributed by atoms with Crippen LogP contribution in [0.25, 0.3) is 0 Å². The lowest BCUT2D eigenvalue weighted by atomic mass is 9.88. The average Bonchev–Trinajstić information content (AvgIpc) is 2.62. The van der Waals surface area contributed by atoms with E-state index in [2.05, 4.69) is 62.5 Å². The zero-order valence-electron chi connectivity index (χ0n) is 10.9. The molecule has 3 heteroatoms. The summed E-state index contributed by atoms with van der Waals surface area (Å²) < 4.78 is 0. The van der Waals surface area contributed by atoms with Gasteiger partial charge in [0.1, 0.15) is 4.87 Å². The van der Waals surface area contributed by atoms with Gasteiger partial charge in [-0.25, -0.2) is 0 Å². The third-order valence-electron chi connectivity index (χ3n) is 3.35. The van der Waals surface area contributed by atoms with Gasteiger partial charge in [-0.15, -0.1) is 0 Å². The van der Waals surface area contributed by atoms with Crippen molar-refractivity contribution < 1.29 is 0 Å². The summed E-state index contributed by atoms with van der Waals surface area (Å²) in [5.41, 5.74) is 4.79. The Morgan fingerprint density at radius 1 is 1.24 bits per heavy atom. The molecule has 0 saturated heterocycles. The van der Waals surface area contributed by atoms with E-state index in [-0.39, 0.29) is 10.3 Å². The predicted molar refractivity (Wildman–Crippen MR) is 76.2 cm³/mol. The first-order valence-electron chi connectivity index (χ1n) is 5.97. The van der Waals surface area contributed by atoms with Crippen LogP contribution in [0, 0.1) is 5.41 Å². The summed E-state index contributed by atoms with van der Waals surface area (Å²) in [7, 11) is 0. The highest BCUT2D eigenvalue weighted by molar-refractivity contribution is 8.15. The van der Waals surface area contributed by atoms with Gasteiger partial charge in [0.15, 0.2) is 0 Å². The van der Waals surface area contributed by atoms with Gasteiger partial charge in [0, 0.05) is 6.42 Å². The molecule has 17 heavy (non-hydrogen) atoms. The van der Waals surface area contributed by atoms with Crippen molar-refractivity contribution in [3.63, 3.8) is 0 Å². The van der Waals surface area contributed by atoms with E-state index in [0.717, 1.165) is 6.42 Å². The van der Waals surface area contributed by atoms with Crippen LogP contribution in [0.15, 0.2) is 35.4 Å². The lowest BCUT2D eigenvalue weighted by Crippen LogP contribution is -2.44. The Kier molecular flexibility index (Phi) is 3.21. The molecule has 1 aromatic carbocycles. The molecule has 2 rings (SSSR count). The van der Waals surface area contributed by atoms with Crippen LogP contribution < -0.4 is 5.43 Å². The largest absolute Gasteiger partial charge is 0.292 e. The normalized spacial score (nSPS) is 24.4. The van der Waals surface area contributed by atoms with Crippen molar-refractivity contribution >= 4 is 16.8 Å². The number of nitrogens with one attached hydrogen (secondary N) is 1. The summed E-state index contributed by atoms with van der Waals surface area (Å²) in [6.07, 6.45) is 0.921. The molecule has 1 aliphatic heterocycles. The smallest absolute Gasteiger partial charge is 0.108 e. The van der Waals surface area contributed by atoms with E-state index in [4.69, 9.17) is 0 Å². The number of nitrogens with zero attached hydrogens (tertiary/aromatic N) is 1. The first-order valence-corrected chi connectivity index (χ1v) is 6.79. The number of hydrazone groups is 1. The van der Waals surface area contributed by atoms with Crippen LogP contribution >= 0.6 is 11.8 Å². The highest BCUT2D eigenvalue weighted by atomic mass is 32.2. The fourth-order valence-electron chi connectivity index (χ4n) is 1.62. The van der Waals surface area contributed by atoms with Crippen molar-refractivity contribution in [2.75, 3.05) is 0 Å². The molecule has 0 fully saturated rings. The van der Waals surface area contributed by atoms with E-state index in [9.17, 15) is 0 Å². The van der Waals surface area contributed by atoms with Crippen molar-refractivity contribution in [1.82, 2.24) is 5.43 Å². The second-order valence-electron chi connectivity index (χ2n) is 5.67. The Hall–Kier alpha value is -0.960. The molecule has 1 unspecified atom stereocenters. The number of rotatable bonds is 2. The third kappa shape index (κ3) is 2.65. The molecule has 1 heterocycles. The minimum atomic E-state index is -0.00286. The summed E-state index contributed by atoms with van der Waals surface area (Å²) in [4.78, 5) is -0.00286. The second kappa shape index (κ2) is 4.37. The number of hydrogen-bond acceptors (Lipinski definition) is 3. The molecule has 92 valence electrons. The van der Waals surface area contributed by atoms with E-state index in [0.29, 0.717) is 0 Å². The van der Waals surface area contributed by atoms with Gasteiger partial charge in [-0.05, 0) is 17.9 Å². The van der Waals surface area contributed by atoms with Crippen molar-refractivity contribution in [3.8, 4) is 0 Å². The molecule has 1 atom stereocenters. The molecule has 0 aromatic heterocycles. The second-order valence-corrected chi connectivity index (χ2v) is 7.16. The first-order chi connectivity index (χ1) is 7.91. The van der Waals surface area contributed by atoms with Crippen LogP contribution in [-0.4, -0.2) is 9.91 Å². The summed E-state index contributed by atoms with van der Waals surface area (Å²) >= 11 is 1.85. The minimum Gasteiger partial charge on any atom is -0.292 e. The van der Waals surface area contributed by atoms with Gasteiger partial charge in [-0.3, -0.25) is 5.43 Å². The molecule has 0 amide bonds. The maximum Gasteiger partial charge on any atom is 0.108 e. The highest BCUT2D eigenvalue weighted by Crippen LogP contribution is 2.43. The molecule has 0 spiro atoms. The lowest BCUT2D eigenvalue weighted by Gasteiger charge is -2.36. The van der Waals surface area contributed by atoms with Crippen LogP contribution in [0.1, 0.15) is 33.3 Å². The van der Waals surface area contributed by atoms with Crippen molar-refractivity contribution in [2.45, 2.75) is 39.0 Å². The predicted octanol–water partition coefficient (Wildman–Crippen LogP) is 3.64. The summed E-state index contributed by atoms with van der Waals surface area (Å²) in [5, 5.41) is 5.65. The van der Waals surface area contributed by atoms with Gasteiger partial charge in [0.05, 0.1) is 5.04 Å². The molecule has 0 aliphatic carbocycles. The molecule has 0 saturated carbocycles. The standard InChI is InChI=1S/C14H20N2S/c1-13(2,3)14(4)16-15-12(17-14)10-11-8-6-5-7-9-11/h5-9,16H,10H2,1-4H3. The Morgan fingerprint density at radius 2 is 1.88 bits per heavy atom. The summed E-state index contributed by atoms with van der Waals surface area (Å²) in [6, 6.07) is 10.5. The van der Waals surface area contributed by atoms with Crippen LogP contribution in [0.2, 0.25) is 0 Å². The van der Waals surface area contributed by atoms with Gasteiger partial charge in [-0.2, -0.15) is 5.10 Å². The molecular weight excluding hydrogens is 228 g/mol.